The number of likely N-dealkylation sites (tertiary alicyclic amines) is 1. The van der Waals surface area contributed by atoms with Crippen molar-refractivity contribution < 1.29 is 13.2 Å². The maximum absolute atomic E-state index is 12.3. The minimum Gasteiger partial charge on any atom is -0.325 e. The van der Waals surface area contributed by atoms with E-state index < -0.39 is 15.6 Å². The third-order valence-electron chi connectivity index (χ3n) is 3.75. The van der Waals surface area contributed by atoms with E-state index in [4.69, 9.17) is 0 Å². The third-order valence-corrected chi connectivity index (χ3v) is 5.52. The van der Waals surface area contributed by atoms with Crippen LogP contribution in [0.15, 0.2) is 29.2 Å². The number of amides is 2. The highest BCUT2D eigenvalue weighted by Gasteiger charge is 2.22. The smallest absolute Gasteiger partial charge is 0.321 e. The van der Waals surface area contributed by atoms with E-state index in [9.17, 15) is 13.2 Å². The second kappa shape index (κ2) is 7.53. The molecular formula is C17H27N3O3S. The van der Waals surface area contributed by atoms with Gasteiger partial charge in [0.15, 0.2) is 0 Å². The zero-order valence-corrected chi connectivity index (χ0v) is 15.4. The van der Waals surface area contributed by atoms with Gasteiger partial charge in [-0.05, 0) is 57.9 Å². The first-order chi connectivity index (χ1) is 11.2. The van der Waals surface area contributed by atoms with E-state index in [0.29, 0.717) is 5.69 Å². The van der Waals surface area contributed by atoms with Crippen molar-refractivity contribution in [1.82, 2.24) is 9.62 Å². The Hall–Kier alpha value is -1.60. The van der Waals surface area contributed by atoms with Crippen molar-refractivity contribution in [2.45, 2.75) is 56.9 Å². The quantitative estimate of drug-likeness (QED) is 0.876. The van der Waals surface area contributed by atoms with Gasteiger partial charge >= 0.3 is 6.03 Å². The van der Waals surface area contributed by atoms with E-state index >= 15 is 0 Å². The topological polar surface area (TPSA) is 78.5 Å². The molecule has 1 aromatic rings. The Morgan fingerprint density at radius 3 is 2.04 bits per heavy atom. The molecule has 1 aliphatic heterocycles. The van der Waals surface area contributed by atoms with Crippen LogP contribution in [0, 0.1) is 0 Å². The van der Waals surface area contributed by atoms with Crippen molar-refractivity contribution in [3.05, 3.63) is 24.3 Å². The predicted molar refractivity (Wildman–Crippen MR) is 95.6 cm³/mol. The Kier molecular flexibility index (Phi) is 5.87. The highest BCUT2D eigenvalue weighted by molar-refractivity contribution is 7.89. The van der Waals surface area contributed by atoms with Crippen LogP contribution in [0.2, 0.25) is 0 Å². The van der Waals surface area contributed by atoms with Crippen LogP contribution in [0.4, 0.5) is 10.5 Å². The Balaban J connectivity index is 2.02. The van der Waals surface area contributed by atoms with E-state index in [2.05, 4.69) is 10.0 Å². The first-order valence-corrected chi connectivity index (χ1v) is 9.86. The van der Waals surface area contributed by atoms with Crippen LogP contribution < -0.4 is 10.0 Å². The van der Waals surface area contributed by atoms with Gasteiger partial charge in [0.05, 0.1) is 4.90 Å². The SMILES string of the molecule is CC(C)(C)NS(=O)(=O)c1ccc(NC(=O)N2CCCCCC2)cc1. The fourth-order valence-electron chi connectivity index (χ4n) is 2.66. The second-order valence-corrected chi connectivity index (χ2v) is 8.89. The Morgan fingerprint density at radius 2 is 1.54 bits per heavy atom. The number of nitrogens with one attached hydrogen (secondary N) is 2. The van der Waals surface area contributed by atoms with Gasteiger partial charge in [0.1, 0.15) is 0 Å². The van der Waals surface area contributed by atoms with E-state index in [1.807, 2.05) is 4.90 Å². The summed E-state index contributed by atoms with van der Waals surface area (Å²) in [4.78, 5) is 14.3. The van der Waals surface area contributed by atoms with Crippen LogP contribution in [0.1, 0.15) is 46.5 Å². The van der Waals surface area contributed by atoms with Gasteiger partial charge in [-0.15, -0.1) is 0 Å². The zero-order valence-electron chi connectivity index (χ0n) is 14.6. The van der Waals surface area contributed by atoms with Gasteiger partial charge in [0, 0.05) is 24.3 Å². The number of anilines is 1. The first kappa shape index (κ1) is 18.7. The number of urea groups is 1. The Bertz CT molecular complexity index is 655. The van der Waals surface area contributed by atoms with Crippen LogP contribution in [0.5, 0.6) is 0 Å². The van der Waals surface area contributed by atoms with Gasteiger partial charge in [0.25, 0.3) is 0 Å². The number of benzene rings is 1. The number of carbonyl (C=O) groups excluding carboxylic acids is 1. The molecule has 0 bridgehead atoms. The minimum absolute atomic E-state index is 0.125. The van der Waals surface area contributed by atoms with Crippen LogP contribution in [-0.2, 0) is 10.0 Å². The molecule has 0 aromatic heterocycles. The lowest BCUT2D eigenvalue weighted by atomic mass is 10.1. The van der Waals surface area contributed by atoms with Crippen LogP contribution in [0.25, 0.3) is 0 Å². The summed E-state index contributed by atoms with van der Waals surface area (Å²) in [6.07, 6.45) is 4.39. The molecule has 2 N–H and O–H groups in total. The summed E-state index contributed by atoms with van der Waals surface area (Å²) in [7, 11) is -3.56. The third kappa shape index (κ3) is 5.49. The largest absolute Gasteiger partial charge is 0.325 e. The van der Waals surface area contributed by atoms with Crippen LogP contribution in [-0.4, -0.2) is 38.0 Å². The molecule has 0 radical (unpaired) electrons. The summed E-state index contributed by atoms with van der Waals surface area (Å²) in [5, 5.41) is 2.84. The fraction of sp³-hybridized carbons (Fsp3) is 0.588. The summed E-state index contributed by atoms with van der Waals surface area (Å²) in [5.74, 6) is 0. The molecule has 1 aliphatic rings. The number of nitrogens with zero attached hydrogens (tertiary/aromatic N) is 1. The lowest BCUT2D eigenvalue weighted by Gasteiger charge is -2.21. The standard InChI is InChI=1S/C17H27N3O3S/c1-17(2,3)19-24(22,23)15-10-8-14(9-11-15)18-16(21)20-12-6-4-5-7-13-20/h8-11,19H,4-7,12-13H2,1-3H3,(H,18,21). The molecule has 134 valence electrons. The van der Waals surface area contributed by atoms with Crippen molar-refractivity contribution in [1.29, 1.82) is 0 Å². The van der Waals surface area contributed by atoms with Gasteiger partial charge in [-0.25, -0.2) is 17.9 Å². The average Bonchev–Trinajstić information content (AvgIpc) is 2.74. The maximum atomic E-state index is 12.3. The fourth-order valence-corrected chi connectivity index (χ4v) is 4.07. The highest BCUT2D eigenvalue weighted by Crippen LogP contribution is 2.17. The molecule has 1 saturated heterocycles. The van der Waals surface area contributed by atoms with E-state index in [-0.39, 0.29) is 10.9 Å². The first-order valence-electron chi connectivity index (χ1n) is 8.37. The minimum atomic E-state index is -3.56. The van der Waals surface area contributed by atoms with Crippen molar-refractivity contribution in [2.75, 3.05) is 18.4 Å². The maximum Gasteiger partial charge on any atom is 0.321 e. The lowest BCUT2D eigenvalue weighted by Crippen LogP contribution is -2.40. The molecule has 0 saturated carbocycles. The van der Waals surface area contributed by atoms with Crippen LogP contribution in [0.3, 0.4) is 0 Å². The molecule has 1 heterocycles. The highest BCUT2D eigenvalue weighted by atomic mass is 32.2. The average molecular weight is 353 g/mol. The molecular weight excluding hydrogens is 326 g/mol. The molecule has 0 atom stereocenters. The van der Waals surface area contributed by atoms with E-state index in [0.717, 1.165) is 38.8 Å². The second-order valence-electron chi connectivity index (χ2n) is 7.21. The molecule has 1 fully saturated rings. The lowest BCUT2D eigenvalue weighted by molar-refractivity contribution is 0.214. The summed E-state index contributed by atoms with van der Waals surface area (Å²) >= 11 is 0. The van der Waals surface area contributed by atoms with Gasteiger partial charge < -0.3 is 10.2 Å². The number of rotatable bonds is 3. The summed E-state index contributed by atoms with van der Waals surface area (Å²) < 4.78 is 27.1. The van der Waals surface area contributed by atoms with Crippen molar-refractivity contribution in [3.63, 3.8) is 0 Å². The summed E-state index contributed by atoms with van der Waals surface area (Å²) in [6, 6.07) is 6.12. The molecule has 7 heteroatoms. The molecule has 0 aliphatic carbocycles. The number of hydrogen-bond donors (Lipinski definition) is 2. The molecule has 2 amide bonds. The molecule has 6 nitrogen and oxygen atoms in total. The normalized spacial score (nSPS) is 16.5. The Labute approximate surface area is 144 Å². The monoisotopic (exact) mass is 353 g/mol. The van der Waals surface area contributed by atoms with Crippen molar-refractivity contribution >= 4 is 21.7 Å². The number of sulfonamides is 1. The number of hydrogen-bond acceptors (Lipinski definition) is 3. The van der Waals surface area contributed by atoms with Gasteiger partial charge in [-0.3, -0.25) is 0 Å². The molecule has 0 spiro atoms. The Morgan fingerprint density at radius 1 is 1.00 bits per heavy atom. The number of carbonyl (C=O) groups is 1. The van der Waals surface area contributed by atoms with E-state index in [1.54, 1.807) is 32.9 Å². The predicted octanol–water partition coefficient (Wildman–Crippen LogP) is 3.17. The van der Waals surface area contributed by atoms with Crippen LogP contribution >= 0.6 is 0 Å². The van der Waals surface area contributed by atoms with Crippen molar-refractivity contribution in [3.8, 4) is 0 Å². The molecule has 24 heavy (non-hydrogen) atoms. The van der Waals surface area contributed by atoms with Gasteiger partial charge in [0.2, 0.25) is 10.0 Å². The van der Waals surface area contributed by atoms with Gasteiger partial charge in [-0.1, -0.05) is 12.8 Å². The van der Waals surface area contributed by atoms with Gasteiger partial charge in [-0.2, -0.15) is 0 Å². The summed E-state index contributed by atoms with van der Waals surface area (Å²) in [5.41, 5.74) is 0.0531. The van der Waals surface area contributed by atoms with E-state index in [1.165, 1.54) is 12.1 Å². The zero-order chi connectivity index (χ0) is 17.8. The molecule has 1 aromatic carbocycles. The summed E-state index contributed by atoms with van der Waals surface area (Å²) in [6.45, 7) is 6.92. The molecule has 2 rings (SSSR count). The van der Waals surface area contributed by atoms with Crippen molar-refractivity contribution in [2.24, 2.45) is 0 Å². The molecule has 0 unspecified atom stereocenters.